The van der Waals surface area contributed by atoms with Crippen LogP contribution in [0, 0.1) is 11.3 Å². The lowest BCUT2D eigenvalue weighted by atomic mass is 9.69. The third-order valence-electron chi connectivity index (χ3n) is 5.29. The average molecular weight is 324 g/mol. The van der Waals surface area contributed by atoms with E-state index in [1.165, 1.54) is 5.56 Å². The second-order valence-corrected chi connectivity index (χ2v) is 6.93. The molecule has 0 bridgehead atoms. The van der Waals surface area contributed by atoms with Crippen LogP contribution in [0.3, 0.4) is 0 Å². The molecule has 0 aliphatic rings. The molecular formula is C22H28O2. The Bertz CT molecular complexity index is 621. The number of benzene rings is 2. The van der Waals surface area contributed by atoms with Crippen LogP contribution < -0.4 is 0 Å². The van der Waals surface area contributed by atoms with E-state index in [2.05, 4.69) is 38.1 Å². The van der Waals surface area contributed by atoms with E-state index in [9.17, 15) is 9.90 Å². The molecule has 0 aromatic heterocycles. The Morgan fingerprint density at radius 3 is 2.04 bits per heavy atom. The third kappa shape index (κ3) is 4.95. The van der Waals surface area contributed by atoms with Crippen molar-refractivity contribution in [3.8, 4) is 0 Å². The van der Waals surface area contributed by atoms with Crippen molar-refractivity contribution in [3.05, 3.63) is 71.8 Å². The van der Waals surface area contributed by atoms with E-state index in [4.69, 9.17) is 0 Å². The Balaban J connectivity index is 2.04. The van der Waals surface area contributed by atoms with Crippen molar-refractivity contribution in [1.82, 2.24) is 0 Å². The fraction of sp³-hybridized carbons (Fsp3) is 0.409. The van der Waals surface area contributed by atoms with E-state index in [-0.39, 0.29) is 11.3 Å². The molecule has 2 unspecified atom stereocenters. The number of hydrogen-bond acceptors (Lipinski definition) is 1. The van der Waals surface area contributed by atoms with Crippen molar-refractivity contribution in [1.29, 1.82) is 0 Å². The quantitative estimate of drug-likeness (QED) is 0.673. The summed E-state index contributed by atoms with van der Waals surface area (Å²) in [5.41, 5.74) is 2.25. The Hall–Kier alpha value is -2.09. The van der Waals surface area contributed by atoms with Crippen LogP contribution in [0.1, 0.15) is 44.2 Å². The lowest BCUT2D eigenvalue weighted by Gasteiger charge is -2.35. The molecule has 0 aliphatic heterocycles. The predicted molar refractivity (Wildman–Crippen MR) is 99.0 cm³/mol. The normalized spacial score (nSPS) is 14.8. The zero-order chi connectivity index (χ0) is 17.4. The summed E-state index contributed by atoms with van der Waals surface area (Å²) < 4.78 is 0. The van der Waals surface area contributed by atoms with Crippen LogP contribution in [0.4, 0.5) is 0 Å². The van der Waals surface area contributed by atoms with Gasteiger partial charge in [-0.1, -0.05) is 74.5 Å². The largest absolute Gasteiger partial charge is 0.481 e. The molecular weight excluding hydrogens is 296 g/mol. The summed E-state index contributed by atoms with van der Waals surface area (Å²) in [5.74, 6) is -1.02. The van der Waals surface area contributed by atoms with Crippen LogP contribution >= 0.6 is 0 Å². The number of aliphatic carboxylic acids is 1. The van der Waals surface area contributed by atoms with Gasteiger partial charge in [-0.2, -0.15) is 0 Å². The Morgan fingerprint density at radius 1 is 1.00 bits per heavy atom. The van der Waals surface area contributed by atoms with Crippen molar-refractivity contribution in [3.63, 3.8) is 0 Å². The second-order valence-electron chi connectivity index (χ2n) is 6.93. The van der Waals surface area contributed by atoms with Gasteiger partial charge >= 0.3 is 5.97 Å². The highest BCUT2D eigenvalue weighted by atomic mass is 16.4. The molecule has 2 atom stereocenters. The average Bonchev–Trinajstić information content (AvgIpc) is 2.61. The van der Waals surface area contributed by atoms with Crippen LogP contribution in [0.2, 0.25) is 0 Å². The molecule has 0 fully saturated rings. The lowest BCUT2D eigenvalue weighted by molar-refractivity contribution is -0.146. The van der Waals surface area contributed by atoms with Crippen LogP contribution in [-0.4, -0.2) is 11.1 Å². The van der Waals surface area contributed by atoms with E-state index in [1.807, 2.05) is 36.4 Å². The van der Waals surface area contributed by atoms with Gasteiger partial charge in [-0.05, 0) is 48.6 Å². The maximum Gasteiger partial charge on any atom is 0.307 e. The van der Waals surface area contributed by atoms with E-state index in [0.29, 0.717) is 6.42 Å². The number of hydrogen-bond donors (Lipinski definition) is 1. The van der Waals surface area contributed by atoms with Gasteiger partial charge in [0.05, 0.1) is 5.92 Å². The van der Waals surface area contributed by atoms with Crippen molar-refractivity contribution in [2.75, 3.05) is 0 Å². The van der Waals surface area contributed by atoms with Gasteiger partial charge in [0.1, 0.15) is 0 Å². The Kier molecular flexibility index (Phi) is 6.60. The maximum atomic E-state index is 11.9. The van der Waals surface area contributed by atoms with Gasteiger partial charge in [0.15, 0.2) is 0 Å². The number of carboxylic acids is 1. The molecule has 0 saturated heterocycles. The SMILES string of the molecule is CCC(C)(CCCc1ccccc1)C(Cc1ccccc1)C(=O)O. The smallest absolute Gasteiger partial charge is 0.307 e. The van der Waals surface area contributed by atoms with Crippen LogP contribution in [-0.2, 0) is 17.6 Å². The zero-order valence-corrected chi connectivity index (χ0v) is 14.7. The molecule has 2 heteroatoms. The molecule has 0 radical (unpaired) electrons. The van der Waals surface area contributed by atoms with E-state index in [1.54, 1.807) is 0 Å². The molecule has 2 aromatic carbocycles. The zero-order valence-electron chi connectivity index (χ0n) is 14.7. The molecule has 24 heavy (non-hydrogen) atoms. The molecule has 128 valence electrons. The Labute approximate surface area is 145 Å². The standard InChI is InChI=1S/C22H28O2/c1-3-22(2,16-10-15-18-11-6-4-7-12-18)20(21(23)24)17-19-13-8-5-9-14-19/h4-9,11-14,20H,3,10,15-17H2,1-2H3,(H,23,24). The van der Waals surface area contributed by atoms with Crippen LogP contribution in [0.25, 0.3) is 0 Å². The first kappa shape index (κ1) is 18.3. The highest BCUT2D eigenvalue weighted by Crippen LogP contribution is 2.38. The van der Waals surface area contributed by atoms with Gasteiger partial charge in [-0.3, -0.25) is 4.79 Å². The highest BCUT2D eigenvalue weighted by Gasteiger charge is 2.37. The first-order valence-corrected chi connectivity index (χ1v) is 8.86. The van der Waals surface area contributed by atoms with E-state index < -0.39 is 5.97 Å². The van der Waals surface area contributed by atoms with Crippen LogP contribution in [0.15, 0.2) is 60.7 Å². The first-order chi connectivity index (χ1) is 11.5. The molecule has 1 N–H and O–H groups in total. The second kappa shape index (κ2) is 8.68. The third-order valence-corrected chi connectivity index (χ3v) is 5.29. The molecule has 0 aliphatic carbocycles. The predicted octanol–water partition coefficient (Wildman–Crippen LogP) is 5.37. The minimum atomic E-state index is -0.678. The maximum absolute atomic E-state index is 11.9. The van der Waals surface area contributed by atoms with Gasteiger partial charge in [-0.15, -0.1) is 0 Å². The molecule has 0 saturated carbocycles. The fourth-order valence-corrected chi connectivity index (χ4v) is 3.42. The molecule has 2 aromatic rings. The molecule has 2 nitrogen and oxygen atoms in total. The molecule has 2 rings (SSSR count). The summed E-state index contributed by atoms with van der Waals surface area (Å²) in [6.45, 7) is 4.25. The topological polar surface area (TPSA) is 37.3 Å². The molecule has 0 spiro atoms. The van der Waals surface area contributed by atoms with Gasteiger partial charge in [0, 0.05) is 0 Å². The number of carboxylic acid groups (broad SMARTS) is 1. The fourth-order valence-electron chi connectivity index (χ4n) is 3.42. The highest BCUT2D eigenvalue weighted by molar-refractivity contribution is 5.71. The first-order valence-electron chi connectivity index (χ1n) is 8.86. The summed E-state index contributed by atoms with van der Waals surface area (Å²) in [5, 5.41) is 9.82. The minimum Gasteiger partial charge on any atom is -0.481 e. The van der Waals surface area contributed by atoms with E-state index in [0.717, 1.165) is 31.2 Å². The minimum absolute atomic E-state index is 0.184. The van der Waals surface area contributed by atoms with Gasteiger partial charge < -0.3 is 5.11 Å². The number of rotatable bonds is 9. The molecule has 0 heterocycles. The van der Waals surface area contributed by atoms with Crippen molar-refractivity contribution < 1.29 is 9.90 Å². The monoisotopic (exact) mass is 324 g/mol. The summed E-state index contributed by atoms with van der Waals surface area (Å²) in [6.07, 6.45) is 4.45. The number of carbonyl (C=O) groups is 1. The van der Waals surface area contributed by atoms with Crippen molar-refractivity contribution in [2.24, 2.45) is 11.3 Å². The van der Waals surface area contributed by atoms with E-state index >= 15 is 0 Å². The summed E-state index contributed by atoms with van der Waals surface area (Å²) >= 11 is 0. The van der Waals surface area contributed by atoms with Crippen molar-refractivity contribution in [2.45, 2.75) is 46.0 Å². The van der Waals surface area contributed by atoms with Crippen molar-refractivity contribution >= 4 is 5.97 Å². The lowest BCUT2D eigenvalue weighted by Crippen LogP contribution is -2.35. The summed E-state index contributed by atoms with van der Waals surface area (Å²) in [4.78, 5) is 11.9. The van der Waals surface area contributed by atoms with Gasteiger partial charge in [-0.25, -0.2) is 0 Å². The Morgan fingerprint density at radius 2 is 1.54 bits per heavy atom. The van der Waals surface area contributed by atoms with Crippen LogP contribution in [0.5, 0.6) is 0 Å². The van der Waals surface area contributed by atoms with Gasteiger partial charge in [0.2, 0.25) is 0 Å². The van der Waals surface area contributed by atoms with Gasteiger partial charge in [0.25, 0.3) is 0 Å². The summed E-state index contributed by atoms with van der Waals surface area (Å²) in [7, 11) is 0. The number of aryl methyl sites for hydroxylation is 1. The molecule has 0 amide bonds. The summed E-state index contributed by atoms with van der Waals surface area (Å²) in [6, 6.07) is 20.4.